The van der Waals surface area contributed by atoms with E-state index in [2.05, 4.69) is 20.6 Å². The number of rotatable bonds is 5. The van der Waals surface area contributed by atoms with Crippen molar-refractivity contribution in [2.24, 2.45) is 0 Å². The largest absolute Gasteiger partial charge is 0.480 e. The van der Waals surface area contributed by atoms with Crippen LogP contribution in [-0.4, -0.2) is 51.9 Å². The molecular formula is C13H20N4O4. The van der Waals surface area contributed by atoms with Gasteiger partial charge < -0.3 is 25.5 Å². The van der Waals surface area contributed by atoms with E-state index in [1.807, 2.05) is 6.92 Å². The highest BCUT2D eigenvalue weighted by molar-refractivity contribution is 5.83. The van der Waals surface area contributed by atoms with Crippen molar-refractivity contribution < 1.29 is 19.4 Å². The Bertz CT molecular complexity index is 482. The number of nitrogens with zero attached hydrogens (tertiary/aromatic N) is 1. The summed E-state index contributed by atoms with van der Waals surface area (Å²) in [6, 6.07) is -1.52. The van der Waals surface area contributed by atoms with E-state index in [-0.39, 0.29) is 6.42 Å². The first-order chi connectivity index (χ1) is 9.98. The fraction of sp³-hybridized carbons (Fsp3) is 0.615. The lowest BCUT2D eigenvalue weighted by Gasteiger charge is -2.34. The number of hydrogen-bond acceptors (Lipinski definition) is 4. The van der Waals surface area contributed by atoms with Gasteiger partial charge in [-0.15, -0.1) is 0 Å². The van der Waals surface area contributed by atoms with Gasteiger partial charge in [0.2, 0.25) is 0 Å². The predicted molar refractivity (Wildman–Crippen MR) is 73.8 cm³/mol. The number of carboxylic acid groups (broad SMARTS) is 1. The average molecular weight is 296 g/mol. The van der Waals surface area contributed by atoms with Crippen molar-refractivity contribution in [3.05, 3.63) is 18.2 Å². The monoisotopic (exact) mass is 296 g/mol. The maximum Gasteiger partial charge on any atom is 0.326 e. The van der Waals surface area contributed by atoms with E-state index < -0.39 is 23.6 Å². The van der Waals surface area contributed by atoms with E-state index in [9.17, 15) is 14.7 Å². The summed E-state index contributed by atoms with van der Waals surface area (Å²) in [6.07, 6.45) is 4.82. The summed E-state index contributed by atoms with van der Waals surface area (Å²) in [5.41, 5.74) is 0.189. The van der Waals surface area contributed by atoms with Crippen molar-refractivity contribution >= 4 is 12.0 Å². The van der Waals surface area contributed by atoms with E-state index in [0.29, 0.717) is 18.9 Å². The first kappa shape index (κ1) is 15.3. The molecule has 21 heavy (non-hydrogen) atoms. The average Bonchev–Trinajstić information content (AvgIpc) is 2.91. The first-order valence-electron chi connectivity index (χ1n) is 6.85. The molecule has 2 rings (SSSR count). The Labute approximate surface area is 122 Å². The Morgan fingerprint density at radius 1 is 1.62 bits per heavy atom. The SMILES string of the molecule is CC1(NC(=O)N[C@H](Cc2cnc[nH]2)C(=O)O)CCCOC1. The fourth-order valence-electron chi connectivity index (χ4n) is 2.32. The van der Waals surface area contributed by atoms with Crippen molar-refractivity contribution in [1.82, 2.24) is 20.6 Å². The second-order valence-electron chi connectivity index (χ2n) is 5.49. The maximum absolute atomic E-state index is 12.0. The fourth-order valence-corrected chi connectivity index (χ4v) is 2.32. The highest BCUT2D eigenvalue weighted by Crippen LogP contribution is 2.18. The van der Waals surface area contributed by atoms with E-state index in [1.165, 1.54) is 12.5 Å². The summed E-state index contributed by atoms with van der Waals surface area (Å²) in [4.78, 5) is 29.9. The van der Waals surface area contributed by atoms with Gasteiger partial charge in [-0.1, -0.05) is 0 Å². The van der Waals surface area contributed by atoms with Gasteiger partial charge in [0, 0.05) is 24.9 Å². The van der Waals surface area contributed by atoms with Gasteiger partial charge in [-0.05, 0) is 19.8 Å². The third-order valence-corrected chi connectivity index (χ3v) is 3.44. The zero-order chi connectivity index (χ0) is 15.3. The molecule has 8 heteroatoms. The van der Waals surface area contributed by atoms with Gasteiger partial charge in [0.05, 0.1) is 18.5 Å². The second kappa shape index (κ2) is 6.57. The number of H-pyrrole nitrogens is 1. The van der Waals surface area contributed by atoms with Crippen LogP contribution in [0.3, 0.4) is 0 Å². The van der Waals surface area contributed by atoms with Crippen LogP contribution in [0.5, 0.6) is 0 Å². The maximum atomic E-state index is 12.0. The molecule has 0 radical (unpaired) electrons. The quantitative estimate of drug-likeness (QED) is 0.622. The summed E-state index contributed by atoms with van der Waals surface area (Å²) in [5, 5.41) is 14.5. The Morgan fingerprint density at radius 3 is 3.00 bits per heavy atom. The molecule has 1 saturated heterocycles. The van der Waals surface area contributed by atoms with Crippen LogP contribution >= 0.6 is 0 Å². The van der Waals surface area contributed by atoms with Gasteiger partial charge >= 0.3 is 12.0 Å². The molecule has 2 heterocycles. The zero-order valence-corrected chi connectivity index (χ0v) is 11.9. The highest BCUT2D eigenvalue weighted by Gasteiger charge is 2.30. The molecule has 1 aromatic heterocycles. The predicted octanol–water partition coefficient (Wildman–Crippen LogP) is 0.274. The third-order valence-electron chi connectivity index (χ3n) is 3.44. The van der Waals surface area contributed by atoms with Gasteiger partial charge in [0.25, 0.3) is 0 Å². The molecule has 8 nitrogen and oxygen atoms in total. The number of ether oxygens (including phenoxy) is 1. The van der Waals surface area contributed by atoms with Gasteiger partial charge in [0.15, 0.2) is 0 Å². The number of aromatic amines is 1. The normalized spacial score (nSPS) is 23.3. The molecule has 2 atom stereocenters. The Morgan fingerprint density at radius 2 is 2.43 bits per heavy atom. The van der Waals surface area contributed by atoms with Crippen molar-refractivity contribution in [2.45, 2.75) is 37.8 Å². The van der Waals surface area contributed by atoms with Crippen molar-refractivity contribution in [1.29, 1.82) is 0 Å². The van der Waals surface area contributed by atoms with E-state index in [4.69, 9.17) is 4.74 Å². The van der Waals surface area contributed by atoms with Crippen LogP contribution in [0.1, 0.15) is 25.5 Å². The van der Waals surface area contributed by atoms with Crippen LogP contribution in [-0.2, 0) is 16.0 Å². The topological polar surface area (TPSA) is 116 Å². The molecule has 1 unspecified atom stereocenters. The summed E-state index contributed by atoms with van der Waals surface area (Å²) in [7, 11) is 0. The van der Waals surface area contributed by atoms with Crippen LogP contribution < -0.4 is 10.6 Å². The van der Waals surface area contributed by atoms with E-state index in [0.717, 1.165) is 12.8 Å². The van der Waals surface area contributed by atoms with E-state index >= 15 is 0 Å². The molecule has 2 amide bonds. The minimum atomic E-state index is -1.09. The molecule has 1 fully saturated rings. The summed E-state index contributed by atoms with van der Waals surface area (Å²) in [5.74, 6) is -1.09. The number of carbonyl (C=O) groups excluding carboxylic acids is 1. The van der Waals surface area contributed by atoms with Crippen LogP contribution in [0.25, 0.3) is 0 Å². The molecule has 0 saturated carbocycles. The lowest BCUT2D eigenvalue weighted by atomic mass is 9.95. The number of nitrogens with one attached hydrogen (secondary N) is 3. The zero-order valence-electron chi connectivity index (χ0n) is 11.9. The first-order valence-corrected chi connectivity index (χ1v) is 6.85. The molecule has 0 aromatic carbocycles. The number of aromatic nitrogens is 2. The number of hydrogen-bond donors (Lipinski definition) is 4. The summed E-state index contributed by atoms with van der Waals surface area (Å²) < 4.78 is 5.35. The Balaban J connectivity index is 1.90. The number of carboxylic acids is 1. The summed E-state index contributed by atoms with van der Waals surface area (Å²) in [6.45, 7) is 3.01. The lowest BCUT2D eigenvalue weighted by Crippen LogP contribution is -2.57. The second-order valence-corrected chi connectivity index (χ2v) is 5.49. The molecule has 0 aliphatic carbocycles. The molecule has 116 valence electrons. The Kier molecular flexibility index (Phi) is 4.79. The third kappa shape index (κ3) is 4.45. The molecular weight excluding hydrogens is 276 g/mol. The lowest BCUT2D eigenvalue weighted by molar-refractivity contribution is -0.139. The molecule has 1 aliphatic heterocycles. The highest BCUT2D eigenvalue weighted by atomic mass is 16.5. The van der Waals surface area contributed by atoms with Crippen molar-refractivity contribution in [3.63, 3.8) is 0 Å². The number of carbonyl (C=O) groups is 2. The number of urea groups is 1. The number of imidazole rings is 1. The Hall–Kier alpha value is -2.09. The van der Waals surface area contributed by atoms with Crippen LogP contribution in [0.2, 0.25) is 0 Å². The number of aliphatic carboxylic acids is 1. The van der Waals surface area contributed by atoms with Gasteiger partial charge in [0.1, 0.15) is 6.04 Å². The molecule has 0 bridgehead atoms. The molecule has 4 N–H and O–H groups in total. The van der Waals surface area contributed by atoms with Gasteiger partial charge in [-0.3, -0.25) is 0 Å². The van der Waals surface area contributed by atoms with Crippen LogP contribution in [0.4, 0.5) is 4.79 Å². The minimum absolute atomic E-state index is 0.149. The van der Waals surface area contributed by atoms with Crippen LogP contribution in [0.15, 0.2) is 12.5 Å². The van der Waals surface area contributed by atoms with Crippen molar-refractivity contribution in [2.75, 3.05) is 13.2 Å². The smallest absolute Gasteiger partial charge is 0.326 e. The minimum Gasteiger partial charge on any atom is -0.480 e. The molecule has 1 aromatic rings. The van der Waals surface area contributed by atoms with Gasteiger partial charge in [-0.25, -0.2) is 14.6 Å². The standard InChI is InChI=1S/C13H20N4O4/c1-13(3-2-4-21-7-13)17-12(20)16-10(11(18)19)5-9-6-14-8-15-9/h6,8,10H,2-5,7H2,1H3,(H,14,15)(H,18,19)(H2,16,17,20)/t10-,13?/m1/s1. The van der Waals surface area contributed by atoms with Crippen molar-refractivity contribution in [3.8, 4) is 0 Å². The van der Waals surface area contributed by atoms with Gasteiger partial charge in [-0.2, -0.15) is 0 Å². The number of amides is 2. The molecule has 0 spiro atoms. The summed E-state index contributed by atoms with van der Waals surface area (Å²) >= 11 is 0. The van der Waals surface area contributed by atoms with Crippen LogP contribution in [0, 0.1) is 0 Å². The van der Waals surface area contributed by atoms with E-state index in [1.54, 1.807) is 0 Å². The molecule has 1 aliphatic rings.